The van der Waals surface area contributed by atoms with E-state index in [1.54, 1.807) is 45.9 Å². The number of esters is 2. The number of aromatic nitrogens is 2. The Balaban J connectivity index is 1.69. The Morgan fingerprint density at radius 3 is 2.39 bits per heavy atom. The minimum absolute atomic E-state index is 0.00834. The first-order chi connectivity index (χ1) is 18.0. The number of ether oxygens (including phenoxy) is 2. The van der Waals surface area contributed by atoms with Crippen LogP contribution in [-0.4, -0.2) is 44.1 Å². The predicted octanol–water partition coefficient (Wildman–Crippen LogP) is 4.15. The molecule has 2 atom stereocenters. The van der Waals surface area contributed by atoms with Crippen LogP contribution < -0.4 is 5.73 Å². The number of nitrogen functional groups attached to an aromatic ring is 1. The van der Waals surface area contributed by atoms with E-state index < -0.39 is 29.7 Å². The topological polar surface area (TPSA) is 128 Å². The van der Waals surface area contributed by atoms with E-state index in [4.69, 9.17) is 15.2 Å². The van der Waals surface area contributed by atoms with E-state index in [9.17, 15) is 14.7 Å². The number of benzene rings is 2. The van der Waals surface area contributed by atoms with Gasteiger partial charge in [-0.2, -0.15) is 0 Å². The number of aliphatic hydroxyl groups excluding tert-OH is 1. The lowest BCUT2D eigenvalue weighted by Crippen LogP contribution is -2.26. The highest BCUT2D eigenvalue weighted by Gasteiger charge is 2.30. The molecule has 2 heterocycles. The molecule has 3 aromatic rings. The fraction of sp³-hybridized carbons (Fsp3) is 0.379. The fourth-order valence-corrected chi connectivity index (χ4v) is 4.57. The SMILES string of the molecule is C=C(CC(C(=O)OCC)c1ccc2nc(N)nc(C(O)N3Cc4ccccc4C3)c2c1)C(=O)OC(C)(C)C. The lowest BCUT2D eigenvalue weighted by atomic mass is 9.91. The molecule has 38 heavy (non-hydrogen) atoms. The van der Waals surface area contributed by atoms with Gasteiger partial charge in [0.05, 0.1) is 23.7 Å². The molecule has 200 valence electrons. The molecule has 2 unspecified atom stereocenters. The molecule has 1 aliphatic heterocycles. The first kappa shape index (κ1) is 27.2. The first-order valence-corrected chi connectivity index (χ1v) is 12.6. The van der Waals surface area contributed by atoms with Crippen LogP contribution in [0.15, 0.2) is 54.6 Å². The number of hydrogen-bond acceptors (Lipinski definition) is 9. The largest absolute Gasteiger partial charge is 0.466 e. The lowest BCUT2D eigenvalue weighted by Gasteiger charge is -2.24. The van der Waals surface area contributed by atoms with Gasteiger partial charge >= 0.3 is 11.9 Å². The maximum atomic E-state index is 13.0. The second kappa shape index (κ2) is 10.9. The molecule has 0 saturated carbocycles. The summed E-state index contributed by atoms with van der Waals surface area (Å²) in [4.78, 5) is 36.2. The van der Waals surface area contributed by atoms with E-state index in [0.717, 1.165) is 11.1 Å². The summed E-state index contributed by atoms with van der Waals surface area (Å²) in [6.07, 6.45) is -1.04. The van der Waals surface area contributed by atoms with Gasteiger partial charge in [-0.05, 0) is 62.9 Å². The highest BCUT2D eigenvalue weighted by Crippen LogP contribution is 2.34. The summed E-state index contributed by atoms with van der Waals surface area (Å²) in [5, 5.41) is 11.9. The van der Waals surface area contributed by atoms with Gasteiger partial charge in [-0.15, -0.1) is 0 Å². The third-order valence-corrected chi connectivity index (χ3v) is 6.33. The van der Waals surface area contributed by atoms with E-state index in [0.29, 0.717) is 35.2 Å². The fourth-order valence-electron chi connectivity index (χ4n) is 4.57. The van der Waals surface area contributed by atoms with Crippen molar-refractivity contribution in [2.75, 3.05) is 12.3 Å². The zero-order chi connectivity index (χ0) is 27.6. The minimum Gasteiger partial charge on any atom is -0.466 e. The zero-order valence-corrected chi connectivity index (χ0v) is 22.2. The van der Waals surface area contributed by atoms with Crippen LogP contribution in [0.4, 0.5) is 5.95 Å². The van der Waals surface area contributed by atoms with Crippen LogP contribution in [0.2, 0.25) is 0 Å². The smallest absolute Gasteiger partial charge is 0.333 e. The molecule has 4 rings (SSSR count). The second-order valence-electron chi connectivity index (χ2n) is 10.4. The van der Waals surface area contributed by atoms with Crippen LogP contribution in [0.5, 0.6) is 0 Å². The molecule has 9 heteroatoms. The number of nitrogens with two attached hydrogens (primary N) is 1. The molecule has 3 N–H and O–H groups in total. The van der Waals surface area contributed by atoms with Crippen molar-refractivity contribution in [2.24, 2.45) is 0 Å². The van der Waals surface area contributed by atoms with Gasteiger partial charge in [-0.25, -0.2) is 14.8 Å². The number of fused-ring (bicyclic) bond motifs is 2. The second-order valence-corrected chi connectivity index (χ2v) is 10.4. The molecule has 0 bridgehead atoms. The summed E-state index contributed by atoms with van der Waals surface area (Å²) < 4.78 is 10.8. The van der Waals surface area contributed by atoms with Crippen LogP contribution in [0, 0.1) is 0 Å². The van der Waals surface area contributed by atoms with Crippen LogP contribution in [0.25, 0.3) is 10.9 Å². The lowest BCUT2D eigenvalue weighted by molar-refractivity contribution is -0.150. The molecule has 0 radical (unpaired) electrons. The van der Waals surface area contributed by atoms with Gasteiger partial charge < -0.3 is 20.3 Å². The number of carbonyl (C=O) groups excluding carboxylic acids is 2. The van der Waals surface area contributed by atoms with Gasteiger partial charge in [0.25, 0.3) is 0 Å². The summed E-state index contributed by atoms with van der Waals surface area (Å²) in [7, 11) is 0. The highest BCUT2D eigenvalue weighted by atomic mass is 16.6. The van der Waals surface area contributed by atoms with E-state index in [1.165, 1.54) is 0 Å². The minimum atomic E-state index is -1.05. The summed E-state index contributed by atoms with van der Waals surface area (Å²) in [5.41, 5.74) is 9.18. The van der Waals surface area contributed by atoms with Gasteiger partial charge in [-0.3, -0.25) is 9.69 Å². The molecule has 0 amide bonds. The van der Waals surface area contributed by atoms with Gasteiger partial charge in [0.2, 0.25) is 5.95 Å². The number of carbonyl (C=O) groups is 2. The van der Waals surface area contributed by atoms with Crippen LogP contribution in [0.1, 0.15) is 68.6 Å². The number of aliphatic hydroxyl groups is 1. The molecule has 0 spiro atoms. The molecule has 1 aromatic heterocycles. The van der Waals surface area contributed by atoms with Gasteiger partial charge in [-0.1, -0.05) is 36.9 Å². The summed E-state index contributed by atoms with van der Waals surface area (Å²) in [6, 6.07) is 13.2. The van der Waals surface area contributed by atoms with E-state index in [1.807, 2.05) is 29.2 Å². The van der Waals surface area contributed by atoms with Gasteiger partial charge in [0.1, 0.15) is 5.60 Å². The number of anilines is 1. The third-order valence-electron chi connectivity index (χ3n) is 6.33. The zero-order valence-electron chi connectivity index (χ0n) is 22.2. The average Bonchev–Trinajstić information content (AvgIpc) is 3.29. The van der Waals surface area contributed by atoms with Gasteiger partial charge in [0, 0.05) is 24.0 Å². The monoisotopic (exact) mass is 518 g/mol. The molecular formula is C29H34N4O5. The predicted molar refractivity (Wildman–Crippen MR) is 144 cm³/mol. The maximum Gasteiger partial charge on any atom is 0.333 e. The quantitative estimate of drug-likeness (QED) is 0.334. The Labute approximate surface area is 222 Å². The Bertz CT molecular complexity index is 1360. The van der Waals surface area contributed by atoms with Crippen molar-refractivity contribution in [3.8, 4) is 0 Å². The number of hydrogen-bond donors (Lipinski definition) is 2. The molecule has 0 fully saturated rings. The average molecular weight is 519 g/mol. The molecular weight excluding hydrogens is 484 g/mol. The summed E-state index contributed by atoms with van der Waals surface area (Å²) >= 11 is 0. The van der Waals surface area contributed by atoms with Crippen molar-refractivity contribution in [1.82, 2.24) is 14.9 Å². The van der Waals surface area contributed by atoms with Crippen LogP contribution >= 0.6 is 0 Å². The highest BCUT2D eigenvalue weighted by molar-refractivity contribution is 5.91. The summed E-state index contributed by atoms with van der Waals surface area (Å²) in [6.45, 7) is 12.2. The van der Waals surface area contributed by atoms with Gasteiger partial charge in [0.15, 0.2) is 6.23 Å². The Kier molecular flexibility index (Phi) is 7.80. The van der Waals surface area contributed by atoms with Crippen LogP contribution in [0.3, 0.4) is 0 Å². The molecule has 9 nitrogen and oxygen atoms in total. The van der Waals surface area contributed by atoms with Crippen molar-refractivity contribution in [2.45, 2.75) is 65.0 Å². The standard InChI is InChI=1S/C29H34N4O5/c1-6-37-27(36)21(13-17(2)26(35)38-29(3,4)5)18-11-12-23-22(14-18)24(32-28(30)31-23)25(34)33-15-19-9-7-8-10-20(19)16-33/h7-12,14,21,25,34H,2,6,13,15-16H2,1,3-5H3,(H2,30,31,32). The van der Waals surface area contributed by atoms with E-state index in [2.05, 4.69) is 16.5 Å². The Morgan fingerprint density at radius 1 is 1.13 bits per heavy atom. The van der Waals surface area contributed by atoms with Crippen molar-refractivity contribution in [3.63, 3.8) is 0 Å². The van der Waals surface area contributed by atoms with Crippen molar-refractivity contribution in [3.05, 3.63) is 77.0 Å². The maximum absolute atomic E-state index is 13.0. The number of nitrogens with zero attached hydrogens (tertiary/aromatic N) is 3. The molecule has 1 aliphatic rings. The van der Waals surface area contributed by atoms with Crippen molar-refractivity contribution < 1.29 is 24.2 Å². The Hall–Kier alpha value is -3.82. The molecule has 2 aromatic carbocycles. The van der Waals surface area contributed by atoms with E-state index in [-0.39, 0.29) is 24.5 Å². The Morgan fingerprint density at radius 2 is 1.79 bits per heavy atom. The third kappa shape index (κ3) is 6.00. The summed E-state index contributed by atoms with van der Waals surface area (Å²) in [5.74, 6) is -1.85. The molecule has 0 saturated heterocycles. The van der Waals surface area contributed by atoms with E-state index >= 15 is 0 Å². The van der Waals surface area contributed by atoms with Crippen LogP contribution in [-0.2, 0) is 32.2 Å². The van der Waals surface area contributed by atoms with Crippen molar-refractivity contribution in [1.29, 1.82) is 0 Å². The number of rotatable bonds is 8. The normalized spacial score (nSPS) is 15.1. The first-order valence-electron chi connectivity index (χ1n) is 12.6. The molecule has 0 aliphatic carbocycles. The van der Waals surface area contributed by atoms with Crippen molar-refractivity contribution >= 4 is 28.8 Å².